The van der Waals surface area contributed by atoms with Gasteiger partial charge in [-0.05, 0) is 37.0 Å². The van der Waals surface area contributed by atoms with Crippen LogP contribution in [0.5, 0.6) is 0 Å². The van der Waals surface area contributed by atoms with Crippen molar-refractivity contribution in [1.29, 1.82) is 0 Å². The van der Waals surface area contributed by atoms with Crippen LogP contribution < -0.4 is 0 Å². The molecule has 12 heavy (non-hydrogen) atoms. The molecule has 0 aliphatic heterocycles. The van der Waals surface area contributed by atoms with Crippen LogP contribution in [-0.2, 0) is 0 Å². The van der Waals surface area contributed by atoms with Crippen molar-refractivity contribution in [3.63, 3.8) is 0 Å². The zero-order valence-corrected chi connectivity index (χ0v) is 7.64. The van der Waals surface area contributed by atoms with Gasteiger partial charge < -0.3 is 4.98 Å². The third kappa shape index (κ3) is 1.56. The van der Waals surface area contributed by atoms with Gasteiger partial charge in [-0.2, -0.15) is 0 Å². The van der Waals surface area contributed by atoms with Crippen LogP contribution in [0.3, 0.4) is 0 Å². The SMILES string of the molecule is ClC1C=C(c2ccc[nH]2)CCC1. The minimum Gasteiger partial charge on any atom is -0.361 e. The Hall–Kier alpha value is -0.690. The zero-order valence-electron chi connectivity index (χ0n) is 6.89. The Labute approximate surface area is 77.4 Å². The molecule has 1 N–H and O–H groups in total. The molecule has 1 aliphatic carbocycles. The van der Waals surface area contributed by atoms with E-state index in [9.17, 15) is 0 Å². The van der Waals surface area contributed by atoms with Crippen molar-refractivity contribution < 1.29 is 0 Å². The fourth-order valence-electron chi connectivity index (χ4n) is 1.63. The van der Waals surface area contributed by atoms with Gasteiger partial charge in [0.2, 0.25) is 0 Å². The summed E-state index contributed by atoms with van der Waals surface area (Å²) >= 11 is 6.04. The first-order chi connectivity index (χ1) is 5.86. The van der Waals surface area contributed by atoms with Gasteiger partial charge in [0.1, 0.15) is 0 Å². The highest BCUT2D eigenvalue weighted by Crippen LogP contribution is 2.27. The second-order valence-electron chi connectivity index (χ2n) is 3.18. The van der Waals surface area contributed by atoms with Gasteiger partial charge >= 0.3 is 0 Å². The first-order valence-corrected chi connectivity index (χ1v) is 4.78. The maximum absolute atomic E-state index is 6.04. The minimum absolute atomic E-state index is 0.233. The van der Waals surface area contributed by atoms with Crippen LogP contribution >= 0.6 is 11.6 Å². The summed E-state index contributed by atoms with van der Waals surface area (Å²) in [4.78, 5) is 3.20. The van der Waals surface area contributed by atoms with E-state index in [-0.39, 0.29) is 5.38 Å². The number of allylic oxidation sites excluding steroid dienone is 2. The highest BCUT2D eigenvalue weighted by molar-refractivity contribution is 6.22. The van der Waals surface area contributed by atoms with Crippen molar-refractivity contribution in [3.05, 3.63) is 30.1 Å². The zero-order chi connectivity index (χ0) is 8.39. The lowest BCUT2D eigenvalue weighted by Crippen LogP contribution is -2.02. The fraction of sp³-hybridized carbons (Fsp3) is 0.400. The lowest BCUT2D eigenvalue weighted by Gasteiger charge is -2.15. The highest BCUT2D eigenvalue weighted by Gasteiger charge is 2.12. The van der Waals surface area contributed by atoms with E-state index in [1.807, 2.05) is 12.3 Å². The molecule has 1 aromatic rings. The van der Waals surface area contributed by atoms with Crippen LogP contribution in [0.2, 0.25) is 0 Å². The van der Waals surface area contributed by atoms with Crippen LogP contribution in [0.1, 0.15) is 25.0 Å². The molecule has 64 valence electrons. The topological polar surface area (TPSA) is 15.8 Å². The Kier molecular flexibility index (Phi) is 2.22. The van der Waals surface area contributed by atoms with Crippen molar-refractivity contribution in [3.8, 4) is 0 Å². The summed E-state index contributed by atoms with van der Waals surface area (Å²) < 4.78 is 0. The molecule has 0 fully saturated rings. The monoisotopic (exact) mass is 181 g/mol. The Morgan fingerprint density at radius 2 is 2.42 bits per heavy atom. The molecule has 0 spiro atoms. The normalized spacial score (nSPS) is 23.8. The van der Waals surface area contributed by atoms with Gasteiger partial charge in [0.05, 0.1) is 5.38 Å². The average Bonchev–Trinajstić information content (AvgIpc) is 2.56. The summed E-state index contributed by atoms with van der Waals surface area (Å²) in [5.41, 5.74) is 2.59. The standard InChI is InChI=1S/C10H12ClN/c11-9-4-1-3-8(7-9)10-5-2-6-12-10/h2,5-7,9,12H,1,3-4H2. The van der Waals surface area contributed by atoms with Gasteiger partial charge in [-0.1, -0.05) is 6.08 Å². The maximum atomic E-state index is 6.04. The first kappa shape index (κ1) is 7.93. The summed E-state index contributed by atoms with van der Waals surface area (Å²) in [6.45, 7) is 0. The molecule has 2 heteroatoms. The van der Waals surface area contributed by atoms with Gasteiger partial charge in [-0.3, -0.25) is 0 Å². The Morgan fingerprint density at radius 1 is 1.50 bits per heavy atom. The molecule has 2 rings (SSSR count). The van der Waals surface area contributed by atoms with Crippen molar-refractivity contribution in [1.82, 2.24) is 4.98 Å². The Bertz CT molecular complexity index is 274. The van der Waals surface area contributed by atoms with Gasteiger partial charge in [0.25, 0.3) is 0 Å². The van der Waals surface area contributed by atoms with Crippen LogP contribution in [0, 0.1) is 0 Å². The van der Waals surface area contributed by atoms with Crippen molar-refractivity contribution in [2.45, 2.75) is 24.6 Å². The van der Waals surface area contributed by atoms with E-state index >= 15 is 0 Å². The van der Waals surface area contributed by atoms with Crippen LogP contribution in [0.25, 0.3) is 5.57 Å². The molecule has 0 radical (unpaired) electrons. The molecule has 1 nitrogen and oxygen atoms in total. The Balaban J connectivity index is 2.23. The molecule has 0 aromatic carbocycles. The molecular weight excluding hydrogens is 170 g/mol. The second-order valence-corrected chi connectivity index (χ2v) is 3.74. The third-order valence-electron chi connectivity index (χ3n) is 2.25. The lowest BCUT2D eigenvalue weighted by molar-refractivity contribution is 0.746. The van der Waals surface area contributed by atoms with E-state index < -0.39 is 0 Å². The van der Waals surface area contributed by atoms with E-state index in [4.69, 9.17) is 11.6 Å². The van der Waals surface area contributed by atoms with Crippen molar-refractivity contribution >= 4 is 17.2 Å². The summed E-state index contributed by atoms with van der Waals surface area (Å²) in [5.74, 6) is 0. The van der Waals surface area contributed by atoms with Crippen molar-refractivity contribution in [2.75, 3.05) is 0 Å². The quantitative estimate of drug-likeness (QED) is 0.641. The number of rotatable bonds is 1. The van der Waals surface area contributed by atoms with Crippen LogP contribution in [0.4, 0.5) is 0 Å². The summed E-state index contributed by atoms with van der Waals surface area (Å²) in [5, 5.41) is 0.233. The predicted octanol–water partition coefficient (Wildman–Crippen LogP) is 3.19. The number of hydrogen-bond acceptors (Lipinski definition) is 0. The molecule has 1 heterocycles. The summed E-state index contributed by atoms with van der Waals surface area (Å²) in [6, 6.07) is 4.12. The molecule has 1 unspecified atom stereocenters. The molecule has 0 bridgehead atoms. The number of alkyl halides is 1. The minimum atomic E-state index is 0.233. The molecular formula is C10H12ClN. The number of aromatic nitrogens is 1. The van der Waals surface area contributed by atoms with E-state index in [1.54, 1.807) is 0 Å². The number of halogens is 1. The molecule has 1 aliphatic rings. The third-order valence-corrected chi connectivity index (χ3v) is 2.60. The smallest absolute Gasteiger partial charge is 0.0522 e. The van der Waals surface area contributed by atoms with Crippen LogP contribution in [0.15, 0.2) is 24.4 Å². The highest BCUT2D eigenvalue weighted by atomic mass is 35.5. The maximum Gasteiger partial charge on any atom is 0.0522 e. The van der Waals surface area contributed by atoms with E-state index in [1.165, 1.54) is 17.7 Å². The number of nitrogens with one attached hydrogen (secondary N) is 1. The largest absolute Gasteiger partial charge is 0.361 e. The molecule has 0 saturated heterocycles. The molecule has 1 aromatic heterocycles. The molecule has 1 atom stereocenters. The van der Waals surface area contributed by atoms with Crippen molar-refractivity contribution in [2.24, 2.45) is 0 Å². The van der Waals surface area contributed by atoms with E-state index in [0.29, 0.717) is 0 Å². The van der Waals surface area contributed by atoms with Crippen LogP contribution in [-0.4, -0.2) is 10.4 Å². The van der Waals surface area contributed by atoms with Gasteiger partial charge in [0, 0.05) is 11.9 Å². The summed E-state index contributed by atoms with van der Waals surface area (Å²) in [6.07, 6.45) is 7.60. The Morgan fingerprint density at radius 3 is 3.08 bits per heavy atom. The second kappa shape index (κ2) is 3.36. The number of H-pyrrole nitrogens is 1. The lowest BCUT2D eigenvalue weighted by atomic mass is 9.97. The van der Waals surface area contributed by atoms with Gasteiger partial charge in [-0.25, -0.2) is 0 Å². The first-order valence-electron chi connectivity index (χ1n) is 4.35. The number of aromatic amines is 1. The number of hydrogen-bond donors (Lipinski definition) is 1. The fourth-order valence-corrected chi connectivity index (χ4v) is 1.93. The molecule has 0 amide bonds. The van der Waals surface area contributed by atoms with E-state index in [0.717, 1.165) is 12.8 Å². The molecule has 0 saturated carbocycles. The predicted molar refractivity (Wildman–Crippen MR) is 52.3 cm³/mol. The van der Waals surface area contributed by atoms with Gasteiger partial charge in [-0.15, -0.1) is 11.6 Å². The average molecular weight is 182 g/mol. The van der Waals surface area contributed by atoms with Gasteiger partial charge in [0.15, 0.2) is 0 Å². The van der Waals surface area contributed by atoms with E-state index in [2.05, 4.69) is 17.1 Å². The summed E-state index contributed by atoms with van der Waals surface area (Å²) in [7, 11) is 0.